The molecule has 0 fully saturated rings. The van der Waals surface area contributed by atoms with Gasteiger partial charge in [-0.15, -0.1) is 0 Å². The second kappa shape index (κ2) is 4.12. The summed E-state index contributed by atoms with van der Waals surface area (Å²) >= 11 is 0. The highest BCUT2D eigenvalue weighted by Gasteiger charge is 2.27. The molecule has 1 aromatic carbocycles. The number of imidazole rings is 1. The lowest BCUT2D eigenvalue weighted by Gasteiger charge is -2.18. The van der Waals surface area contributed by atoms with Gasteiger partial charge in [-0.3, -0.25) is 4.79 Å². The number of aliphatic carboxylic acids is 1. The third kappa shape index (κ3) is 2.10. The highest BCUT2D eigenvalue weighted by molar-refractivity contribution is 5.78. The number of aromatic nitrogens is 2. The Bertz CT molecular complexity index is 612. The molecule has 4 heteroatoms. The second-order valence-corrected chi connectivity index (χ2v) is 5.41. The van der Waals surface area contributed by atoms with Gasteiger partial charge in [-0.1, -0.05) is 6.07 Å². The lowest BCUT2D eigenvalue weighted by Crippen LogP contribution is -2.26. The first-order chi connectivity index (χ1) is 8.31. The molecule has 0 aliphatic carbocycles. The molecule has 4 nitrogen and oxygen atoms in total. The molecule has 1 heterocycles. The van der Waals surface area contributed by atoms with E-state index in [1.165, 1.54) is 0 Å². The van der Waals surface area contributed by atoms with Gasteiger partial charge in [0.05, 0.1) is 16.4 Å². The summed E-state index contributed by atoms with van der Waals surface area (Å²) in [5, 5.41) is 9.14. The first-order valence-electron chi connectivity index (χ1n) is 5.96. The van der Waals surface area contributed by atoms with Crippen LogP contribution in [0.2, 0.25) is 0 Å². The number of hydrogen-bond acceptors (Lipinski definition) is 2. The second-order valence-electron chi connectivity index (χ2n) is 5.41. The molecule has 0 saturated carbocycles. The lowest BCUT2D eigenvalue weighted by molar-refractivity contribution is -0.146. The summed E-state index contributed by atoms with van der Waals surface area (Å²) < 4.78 is 2.03. The lowest BCUT2D eigenvalue weighted by atomic mass is 9.86. The van der Waals surface area contributed by atoms with Gasteiger partial charge >= 0.3 is 5.97 Å². The van der Waals surface area contributed by atoms with E-state index >= 15 is 0 Å². The SMILES string of the molecule is Cc1nc2cc(CC(C)(C)C(=O)O)ccc2n1C. The Balaban J connectivity index is 2.39. The van der Waals surface area contributed by atoms with Crippen LogP contribution in [-0.2, 0) is 18.3 Å². The van der Waals surface area contributed by atoms with Crippen LogP contribution >= 0.6 is 0 Å². The summed E-state index contributed by atoms with van der Waals surface area (Å²) in [6.45, 7) is 5.44. The van der Waals surface area contributed by atoms with Gasteiger partial charge in [-0.05, 0) is 44.9 Å². The molecule has 0 aliphatic heterocycles. The minimum absolute atomic E-state index is 0.508. The zero-order chi connectivity index (χ0) is 13.5. The van der Waals surface area contributed by atoms with Crippen LogP contribution in [0.25, 0.3) is 11.0 Å². The molecule has 1 aromatic heterocycles. The quantitative estimate of drug-likeness (QED) is 0.905. The minimum atomic E-state index is -0.778. The van der Waals surface area contributed by atoms with Crippen molar-refractivity contribution in [2.45, 2.75) is 27.2 Å². The fourth-order valence-electron chi connectivity index (χ4n) is 2.06. The van der Waals surface area contributed by atoms with Crippen LogP contribution in [0, 0.1) is 12.3 Å². The molecule has 0 saturated heterocycles. The van der Waals surface area contributed by atoms with Crippen LogP contribution in [0.4, 0.5) is 0 Å². The van der Waals surface area contributed by atoms with Gasteiger partial charge in [0.1, 0.15) is 5.82 Å². The summed E-state index contributed by atoms with van der Waals surface area (Å²) in [6.07, 6.45) is 0.508. The number of carboxylic acids is 1. The molecule has 0 amide bonds. The van der Waals surface area contributed by atoms with Crippen molar-refractivity contribution in [3.63, 3.8) is 0 Å². The molecule has 0 atom stereocenters. The number of carboxylic acid groups (broad SMARTS) is 1. The van der Waals surface area contributed by atoms with Gasteiger partial charge in [-0.2, -0.15) is 0 Å². The number of carbonyl (C=O) groups is 1. The van der Waals surface area contributed by atoms with Crippen molar-refractivity contribution in [3.8, 4) is 0 Å². The van der Waals surface area contributed by atoms with E-state index in [1.54, 1.807) is 13.8 Å². The van der Waals surface area contributed by atoms with Crippen LogP contribution in [0.3, 0.4) is 0 Å². The summed E-state index contributed by atoms with van der Waals surface area (Å²) in [4.78, 5) is 15.6. The smallest absolute Gasteiger partial charge is 0.309 e. The van der Waals surface area contributed by atoms with Gasteiger partial charge in [0, 0.05) is 7.05 Å². The predicted octanol–water partition coefficient (Wildman–Crippen LogP) is 2.54. The maximum Gasteiger partial charge on any atom is 0.309 e. The summed E-state index contributed by atoms with van der Waals surface area (Å²) in [5.41, 5.74) is 2.25. The first kappa shape index (κ1) is 12.6. The van der Waals surface area contributed by atoms with Crippen molar-refractivity contribution in [2.75, 3.05) is 0 Å². The number of rotatable bonds is 3. The van der Waals surface area contributed by atoms with Gasteiger partial charge in [0.25, 0.3) is 0 Å². The Morgan fingerprint density at radius 1 is 1.44 bits per heavy atom. The molecule has 1 N–H and O–H groups in total. The number of hydrogen-bond donors (Lipinski definition) is 1. The number of benzene rings is 1. The Morgan fingerprint density at radius 3 is 2.72 bits per heavy atom. The van der Waals surface area contributed by atoms with E-state index in [9.17, 15) is 4.79 Å². The topological polar surface area (TPSA) is 55.1 Å². The number of nitrogens with zero attached hydrogens (tertiary/aromatic N) is 2. The molecule has 0 aliphatic rings. The minimum Gasteiger partial charge on any atom is -0.481 e. The standard InChI is InChI=1S/C14H18N2O2/c1-9-15-11-7-10(5-6-12(11)16(9)4)8-14(2,3)13(17)18/h5-7H,8H2,1-4H3,(H,17,18). The molecule has 0 unspecified atom stereocenters. The predicted molar refractivity (Wildman–Crippen MR) is 70.6 cm³/mol. The van der Waals surface area contributed by atoms with Crippen LogP contribution < -0.4 is 0 Å². The van der Waals surface area contributed by atoms with Crippen molar-refractivity contribution in [2.24, 2.45) is 12.5 Å². The Hall–Kier alpha value is -1.84. The molecule has 0 spiro atoms. The molecular formula is C14H18N2O2. The maximum atomic E-state index is 11.1. The van der Waals surface area contributed by atoms with E-state index in [0.29, 0.717) is 6.42 Å². The van der Waals surface area contributed by atoms with E-state index in [2.05, 4.69) is 4.98 Å². The van der Waals surface area contributed by atoms with E-state index < -0.39 is 11.4 Å². The van der Waals surface area contributed by atoms with Crippen LogP contribution in [0.15, 0.2) is 18.2 Å². The van der Waals surface area contributed by atoms with Crippen molar-refractivity contribution < 1.29 is 9.90 Å². The normalized spacial score (nSPS) is 12.0. The van der Waals surface area contributed by atoms with Crippen molar-refractivity contribution >= 4 is 17.0 Å². The first-order valence-corrected chi connectivity index (χ1v) is 5.96. The van der Waals surface area contributed by atoms with E-state index in [-0.39, 0.29) is 0 Å². The average Bonchev–Trinajstić information content (AvgIpc) is 2.53. The molecule has 2 rings (SSSR count). The van der Waals surface area contributed by atoms with E-state index in [0.717, 1.165) is 22.4 Å². The van der Waals surface area contributed by atoms with Crippen molar-refractivity contribution in [1.29, 1.82) is 0 Å². The number of aryl methyl sites for hydroxylation is 2. The maximum absolute atomic E-state index is 11.1. The zero-order valence-corrected chi connectivity index (χ0v) is 11.2. The monoisotopic (exact) mass is 246 g/mol. The molecule has 96 valence electrons. The number of fused-ring (bicyclic) bond motifs is 1. The van der Waals surface area contributed by atoms with E-state index in [4.69, 9.17) is 5.11 Å². The zero-order valence-electron chi connectivity index (χ0n) is 11.2. The molecule has 0 bridgehead atoms. The summed E-state index contributed by atoms with van der Waals surface area (Å²) in [7, 11) is 1.98. The van der Waals surface area contributed by atoms with Gasteiger partial charge in [0.15, 0.2) is 0 Å². The molecular weight excluding hydrogens is 228 g/mol. The van der Waals surface area contributed by atoms with Crippen molar-refractivity contribution in [1.82, 2.24) is 9.55 Å². The van der Waals surface area contributed by atoms with Crippen molar-refractivity contribution in [3.05, 3.63) is 29.6 Å². The Labute approximate surface area is 106 Å². The summed E-state index contributed by atoms with van der Waals surface area (Å²) in [5.74, 6) is 0.180. The highest BCUT2D eigenvalue weighted by Crippen LogP contribution is 2.24. The molecule has 0 radical (unpaired) electrons. The van der Waals surface area contributed by atoms with E-state index in [1.807, 2.05) is 36.7 Å². The van der Waals surface area contributed by atoms with Gasteiger partial charge in [0.2, 0.25) is 0 Å². The highest BCUT2D eigenvalue weighted by atomic mass is 16.4. The van der Waals surface area contributed by atoms with Gasteiger partial charge < -0.3 is 9.67 Å². The summed E-state index contributed by atoms with van der Waals surface area (Å²) in [6, 6.07) is 5.96. The van der Waals surface area contributed by atoms with Gasteiger partial charge in [-0.25, -0.2) is 4.98 Å². The fourth-order valence-corrected chi connectivity index (χ4v) is 2.06. The third-order valence-corrected chi connectivity index (χ3v) is 3.39. The largest absolute Gasteiger partial charge is 0.481 e. The average molecular weight is 246 g/mol. The van der Waals surface area contributed by atoms with Crippen LogP contribution in [-0.4, -0.2) is 20.6 Å². The molecule has 2 aromatic rings. The van der Waals surface area contributed by atoms with Crippen LogP contribution in [0.1, 0.15) is 25.2 Å². The fraction of sp³-hybridized carbons (Fsp3) is 0.429. The molecule has 18 heavy (non-hydrogen) atoms. The Kier molecular flexibility index (Phi) is 2.89. The third-order valence-electron chi connectivity index (χ3n) is 3.39. The Morgan fingerprint density at radius 2 is 2.11 bits per heavy atom. The van der Waals surface area contributed by atoms with Crippen LogP contribution in [0.5, 0.6) is 0 Å².